The Balaban J connectivity index is 1.64. The summed E-state index contributed by atoms with van der Waals surface area (Å²) in [6.45, 7) is 2.04. The Morgan fingerprint density at radius 3 is 2.52 bits per heavy atom. The van der Waals surface area contributed by atoms with Crippen LogP contribution in [-0.2, 0) is 14.8 Å². The number of amides is 1. The molecule has 31 heavy (non-hydrogen) atoms. The zero-order valence-corrected chi connectivity index (χ0v) is 18.6. The second kappa shape index (κ2) is 9.70. The summed E-state index contributed by atoms with van der Waals surface area (Å²) in [7, 11) is -2.20. The van der Waals surface area contributed by atoms with Gasteiger partial charge in [0.2, 0.25) is 15.9 Å². The van der Waals surface area contributed by atoms with Gasteiger partial charge < -0.3 is 14.8 Å². The van der Waals surface area contributed by atoms with Crippen LogP contribution in [0, 0.1) is 0 Å². The molecule has 3 rings (SSSR count). The van der Waals surface area contributed by atoms with Crippen LogP contribution in [0.5, 0.6) is 11.5 Å². The van der Waals surface area contributed by atoms with Gasteiger partial charge in [0.05, 0.1) is 25.6 Å². The number of nitrogens with one attached hydrogen (secondary N) is 1. The molecule has 0 aliphatic rings. The molecule has 7 nitrogen and oxygen atoms in total. The van der Waals surface area contributed by atoms with Crippen molar-refractivity contribution in [2.45, 2.75) is 13.0 Å². The lowest BCUT2D eigenvalue weighted by Gasteiger charge is -2.28. The zero-order valence-electron chi connectivity index (χ0n) is 17.7. The molecule has 0 saturated carbocycles. The fraction of sp³-hybridized carbons (Fsp3) is 0.261. The number of methoxy groups -OCH3 is 1. The van der Waals surface area contributed by atoms with E-state index in [1.807, 2.05) is 42.5 Å². The summed E-state index contributed by atoms with van der Waals surface area (Å²) in [4.78, 5) is 12.7. The quantitative estimate of drug-likeness (QED) is 0.515. The number of nitrogens with zero attached hydrogens (tertiary/aromatic N) is 1. The number of hydrogen-bond acceptors (Lipinski definition) is 5. The summed E-state index contributed by atoms with van der Waals surface area (Å²) in [5.74, 6) is 0.812. The second-order valence-electron chi connectivity index (χ2n) is 7.05. The monoisotopic (exact) mass is 442 g/mol. The average Bonchev–Trinajstić information content (AvgIpc) is 2.75. The molecule has 164 valence electrons. The first-order chi connectivity index (χ1) is 14.8. The summed E-state index contributed by atoms with van der Waals surface area (Å²) < 4.78 is 36.9. The van der Waals surface area contributed by atoms with Crippen molar-refractivity contribution in [2.24, 2.45) is 0 Å². The summed E-state index contributed by atoms with van der Waals surface area (Å²) in [6, 6.07) is 19.3. The summed E-state index contributed by atoms with van der Waals surface area (Å²) in [5, 5.41) is 4.81. The number of carbonyl (C=O) groups is 1. The second-order valence-corrected chi connectivity index (χ2v) is 8.91. The number of rotatable bonds is 9. The predicted molar refractivity (Wildman–Crippen MR) is 122 cm³/mol. The van der Waals surface area contributed by atoms with Crippen LogP contribution in [0.25, 0.3) is 10.8 Å². The Morgan fingerprint density at radius 2 is 1.77 bits per heavy atom. The molecule has 0 heterocycles. The maximum Gasteiger partial charge on any atom is 0.243 e. The van der Waals surface area contributed by atoms with Crippen molar-refractivity contribution in [2.75, 3.05) is 30.8 Å². The largest absolute Gasteiger partial charge is 0.497 e. The highest BCUT2D eigenvalue weighted by molar-refractivity contribution is 7.92. The summed E-state index contributed by atoms with van der Waals surface area (Å²) >= 11 is 0. The highest BCUT2D eigenvalue weighted by atomic mass is 32.2. The Bertz CT molecular complexity index is 1160. The lowest BCUT2D eigenvalue weighted by molar-refractivity contribution is -0.121. The molecule has 0 saturated heterocycles. The SMILES string of the molecule is COc1cccc(N([C@H](C)C(=O)NCCOc2cccc3ccccc23)S(C)(=O)=O)c1. The third-order valence-electron chi connectivity index (χ3n) is 4.80. The standard InChI is InChI=1S/C23H26N2O5S/c1-17(25(31(3,27)28)19-10-7-11-20(16-19)29-2)23(26)24-14-15-30-22-13-6-9-18-8-4-5-12-21(18)22/h4-13,16-17H,14-15H2,1-3H3,(H,24,26)/t17-/m1/s1. The van der Waals surface area contributed by atoms with Crippen molar-refractivity contribution in [1.82, 2.24) is 5.32 Å². The van der Waals surface area contributed by atoms with Gasteiger partial charge in [-0.3, -0.25) is 9.10 Å². The number of sulfonamides is 1. The smallest absolute Gasteiger partial charge is 0.243 e. The summed E-state index contributed by atoms with van der Waals surface area (Å²) in [5.41, 5.74) is 0.358. The number of ether oxygens (including phenoxy) is 2. The molecule has 1 amide bonds. The van der Waals surface area contributed by atoms with Crippen molar-refractivity contribution in [3.63, 3.8) is 0 Å². The third kappa shape index (κ3) is 5.46. The van der Waals surface area contributed by atoms with Crippen LogP contribution < -0.4 is 19.1 Å². The molecular weight excluding hydrogens is 416 g/mol. The zero-order chi connectivity index (χ0) is 22.4. The molecular formula is C23H26N2O5S. The Labute approximate surface area is 182 Å². The lowest BCUT2D eigenvalue weighted by atomic mass is 10.1. The van der Waals surface area contributed by atoms with Gasteiger partial charge in [-0.2, -0.15) is 0 Å². The fourth-order valence-corrected chi connectivity index (χ4v) is 4.53. The van der Waals surface area contributed by atoms with E-state index >= 15 is 0 Å². The molecule has 3 aromatic rings. The first kappa shape index (κ1) is 22.4. The van der Waals surface area contributed by atoms with Gasteiger partial charge in [-0.05, 0) is 30.5 Å². The van der Waals surface area contributed by atoms with Crippen LogP contribution in [0.3, 0.4) is 0 Å². The highest BCUT2D eigenvalue weighted by Crippen LogP contribution is 2.26. The Kier molecular flexibility index (Phi) is 7.02. The maximum atomic E-state index is 12.7. The minimum absolute atomic E-state index is 0.238. The van der Waals surface area contributed by atoms with E-state index in [1.54, 1.807) is 31.2 Å². The summed E-state index contributed by atoms with van der Waals surface area (Å²) in [6.07, 6.45) is 1.07. The molecule has 0 unspecified atom stereocenters. The van der Waals surface area contributed by atoms with Crippen LogP contribution in [0.2, 0.25) is 0 Å². The van der Waals surface area contributed by atoms with Gasteiger partial charge in [-0.1, -0.05) is 42.5 Å². The van der Waals surface area contributed by atoms with Crippen LogP contribution in [0.4, 0.5) is 5.69 Å². The molecule has 0 aliphatic heterocycles. The van der Waals surface area contributed by atoms with Crippen molar-refractivity contribution >= 4 is 32.4 Å². The van der Waals surface area contributed by atoms with Crippen LogP contribution in [0.15, 0.2) is 66.7 Å². The number of fused-ring (bicyclic) bond motifs is 1. The molecule has 0 aliphatic carbocycles. The molecule has 0 bridgehead atoms. The van der Waals surface area contributed by atoms with Crippen molar-refractivity contribution in [3.8, 4) is 11.5 Å². The molecule has 0 spiro atoms. The van der Waals surface area contributed by atoms with Crippen LogP contribution >= 0.6 is 0 Å². The number of benzene rings is 3. The van der Waals surface area contributed by atoms with Crippen LogP contribution in [0.1, 0.15) is 6.92 Å². The van der Waals surface area contributed by atoms with E-state index in [0.29, 0.717) is 11.4 Å². The molecule has 1 N–H and O–H groups in total. The Morgan fingerprint density at radius 1 is 1.06 bits per heavy atom. The van der Waals surface area contributed by atoms with Gasteiger partial charge >= 0.3 is 0 Å². The van der Waals surface area contributed by atoms with Gasteiger partial charge in [0.1, 0.15) is 24.1 Å². The van der Waals surface area contributed by atoms with Crippen molar-refractivity contribution in [1.29, 1.82) is 0 Å². The molecule has 0 fully saturated rings. The third-order valence-corrected chi connectivity index (χ3v) is 6.05. The van der Waals surface area contributed by atoms with E-state index < -0.39 is 22.0 Å². The van der Waals surface area contributed by atoms with Crippen molar-refractivity contribution in [3.05, 3.63) is 66.7 Å². The minimum atomic E-state index is -3.70. The normalized spacial score (nSPS) is 12.2. The van der Waals surface area contributed by atoms with Gasteiger partial charge in [-0.25, -0.2) is 8.42 Å². The van der Waals surface area contributed by atoms with Gasteiger partial charge in [0.15, 0.2) is 0 Å². The van der Waals surface area contributed by atoms with E-state index in [4.69, 9.17) is 9.47 Å². The van der Waals surface area contributed by atoms with E-state index in [9.17, 15) is 13.2 Å². The predicted octanol–water partition coefficient (Wildman–Crippen LogP) is 3.20. The number of anilines is 1. The molecule has 3 aromatic carbocycles. The first-order valence-electron chi connectivity index (χ1n) is 9.83. The molecule has 0 aromatic heterocycles. The maximum absolute atomic E-state index is 12.7. The number of hydrogen-bond donors (Lipinski definition) is 1. The van der Waals surface area contributed by atoms with E-state index in [1.165, 1.54) is 7.11 Å². The van der Waals surface area contributed by atoms with E-state index in [-0.39, 0.29) is 13.2 Å². The number of carbonyl (C=O) groups excluding carboxylic acids is 1. The molecule has 1 atom stereocenters. The van der Waals surface area contributed by atoms with Gasteiger partial charge in [0, 0.05) is 11.5 Å². The van der Waals surface area contributed by atoms with E-state index in [2.05, 4.69) is 5.32 Å². The van der Waals surface area contributed by atoms with Gasteiger partial charge in [-0.15, -0.1) is 0 Å². The molecule has 0 radical (unpaired) electrons. The molecule has 8 heteroatoms. The van der Waals surface area contributed by atoms with Crippen molar-refractivity contribution < 1.29 is 22.7 Å². The topological polar surface area (TPSA) is 84.9 Å². The minimum Gasteiger partial charge on any atom is -0.497 e. The Hall–Kier alpha value is -3.26. The first-order valence-corrected chi connectivity index (χ1v) is 11.7. The lowest BCUT2D eigenvalue weighted by Crippen LogP contribution is -2.48. The van der Waals surface area contributed by atoms with E-state index in [0.717, 1.165) is 27.1 Å². The van der Waals surface area contributed by atoms with Gasteiger partial charge in [0.25, 0.3) is 0 Å². The average molecular weight is 443 g/mol. The highest BCUT2D eigenvalue weighted by Gasteiger charge is 2.29. The fourth-order valence-electron chi connectivity index (χ4n) is 3.36. The van der Waals surface area contributed by atoms with Crippen LogP contribution in [-0.4, -0.2) is 46.9 Å².